The second-order valence-electron chi connectivity index (χ2n) is 21.1. The van der Waals surface area contributed by atoms with E-state index in [0.717, 1.165) is 18.7 Å². The SMILES string of the molecule is CC(C)(C)c1ccc(Nc2cc3sc4cc(C(C)(C)C)ccc4c3cc2-c2ccc3c4cc5c(cc4n4c3c2Bc2cc3c(cc2-4)sc2ccccc23)-c2ccccc2C5(C)C)cc1. The summed E-state index contributed by atoms with van der Waals surface area (Å²) in [6.07, 6.45) is 0. The fourth-order valence-corrected chi connectivity index (χ4v) is 13.5. The predicted octanol–water partition coefficient (Wildman–Crippen LogP) is 15.5. The molecule has 1 aliphatic heterocycles. The van der Waals surface area contributed by atoms with E-state index in [4.69, 9.17) is 0 Å². The highest BCUT2D eigenvalue weighted by molar-refractivity contribution is 7.26. The van der Waals surface area contributed by atoms with Gasteiger partial charge in [-0.25, -0.2) is 0 Å². The zero-order valence-electron chi connectivity index (χ0n) is 37.7. The summed E-state index contributed by atoms with van der Waals surface area (Å²) in [6, 6.07) is 54.1. The summed E-state index contributed by atoms with van der Waals surface area (Å²) < 4.78 is 7.97. The van der Waals surface area contributed by atoms with E-state index in [1.165, 1.54) is 123 Å². The molecule has 2 nitrogen and oxygen atoms in total. The molecule has 310 valence electrons. The minimum Gasteiger partial charge on any atom is -0.355 e. The molecule has 1 aliphatic carbocycles. The first-order chi connectivity index (χ1) is 30.7. The van der Waals surface area contributed by atoms with Crippen molar-refractivity contribution in [2.24, 2.45) is 0 Å². The molecule has 8 aromatic carbocycles. The Morgan fingerprint density at radius 3 is 1.98 bits per heavy atom. The Morgan fingerprint density at radius 1 is 0.500 bits per heavy atom. The maximum atomic E-state index is 3.99. The van der Waals surface area contributed by atoms with E-state index in [-0.39, 0.29) is 16.2 Å². The first-order valence-corrected chi connectivity index (χ1v) is 24.4. The quantitative estimate of drug-likeness (QED) is 0.175. The highest BCUT2D eigenvalue weighted by Crippen LogP contribution is 2.52. The fraction of sp³-hybridized carbons (Fsp3) is 0.186. The lowest BCUT2D eigenvalue weighted by atomic mass is 9.59. The predicted molar refractivity (Wildman–Crippen MR) is 283 cm³/mol. The summed E-state index contributed by atoms with van der Waals surface area (Å²) in [5, 5.41) is 12.0. The van der Waals surface area contributed by atoms with Crippen LogP contribution in [0.5, 0.6) is 0 Å². The third-order valence-corrected chi connectivity index (χ3v) is 17.0. The number of aromatic nitrogens is 1. The number of benzene rings is 8. The summed E-state index contributed by atoms with van der Waals surface area (Å²) in [6.45, 7) is 18.6. The van der Waals surface area contributed by atoms with Crippen LogP contribution < -0.4 is 16.2 Å². The van der Waals surface area contributed by atoms with Crippen LogP contribution in [-0.2, 0) is 16.2 Å². The van der Waals surface area contributed by atoms with Gasteiger partial charge in [-0.15, -0.1) is 22.7 Å². The Morgan fingerprint density at radius 2 is 1.17 bits per heavy atom. The molecule has 11 aromatic rings. The molecule has 0 saturated heterocycles. The van der Waals surface area contributed by atoms with Crippen molar-refractivity contribution >= 4 is 114 Å². The first-order valence-electron chi connectivity index (χ1n) is 22.8. The van der Waals surface area contributed by atoms with Gasteiger partial charge in [0.25, 0.3) is 0 Å². The zero-order valence-corrected chi connectivity index (χ0v) is 39.4. The molecule has 0 atom stereocenters. The van der Waals surface area contributed by atoms with Crippen LogP contribution in [0, 0.1) is 0 Å². The van der Waals surface area contributed by atoms with Crippen LogP contribution >= 0.6 is 22.7 Å². The minimum atomic E-state index is -0.0867. The molecule has 0 saturated carbocycles. The van der Waals surface area contributed by atoms with Crippen LogP contribution in [0.4, 0.5) is 11.4 Å². The lowest BCUT2D eigenvalue weighted by molar-refractivity contribution is 0.590. The smallest absolute Gasteiger partial charge is 0.198 e. The number of nitrogens with one attached hydrogen (secondary N) is 1. The molecule has 4 heterocycles. The van der Waals surface area contributed by atoms with Crippen molar-refractivity contribution in [2.45, 2.75) is 71.6 Å². The van der Waals surface area contributed by atoms with Crippen molar-refractivity contribution in [3.05, 3.63) is 162 Å². The minimum absolute atomic E-state index is 0.0778. The van der Waals surface area contributed by atoms with Crippen LogP contribution in [0.2, 0.25) is 0 Å². The van der Waals surface area contributed by atoms with Crippen molar-refractivity contribution in [1.82, 2.24) is 4.57 Å². The first kappa shape index (κ1) is 38.3. The number of rotatable bonds is 3. The number of hydrogen-bond acceptors (Lipinski definition) is 3. The Bertz CT molecular complexity index is 3820. The van der Waals surface area contributed by atoms with E-state index in [1.807, 2.05) is 22.7 Å². The van der Waals surface area contributed by atoms with Gasteiger partial charge in [-0.3, -0.25) is 0 Å². The molecule has 5 heteroatoms. The van der Waals surface area contributed by atoms with Crippen molar-refractivity contribution < 1.29 is 0 Å². The molecule has 0 amide bonds. The second-order valence-corrected chi connectivity index (χ2v) is 23.2. The lowest BCUT2D eigenvalue weighted by Crippen LogP contribution is -2.37. The van der Waals surface area contributed by atoms with Gasteiger partial charge in [-0.2, -0.15) is 0 Å². The van der Waals surface area contributed by atoms with Crippen LogP contribution in [-0.4, -0.2) is 11.8 Å². The van der Waals surface area contributed by atoms with Crippen LogP contribution in [0.25, 0.3) is 90.1 Å². The van der Waals surface area contributed by atoms with Crippen molar-refractivity contribution in [3.63, 3.8) is 0 Å². The van der Waals surface area contributed by atoms with E-state index < -0.39 is 0 Å². The number of nitrogens with zero attached hydrogens (tertiary/aromatic N) is 1. The maximum Gasteiger partial charge on any atom is 0.198 e. The number of anilines is 2. The zero-order chi connectivity index (χ0) is 43.6. The molecule has 0 unspecified atom stereocenters. The third-order valence-electron chi connectivity index (χ3n) is 14.7. The van der Waals surface area contributed by atoms with E-state index in [2.05, 4.69) is 205 Å². The average Bonchev–Trinajstić information content (AvgIpc) is 3.98. The van der Waals surface area contributed by atoms with Gasteiger partial charge in [0.15, 0.2) is 7.28 Å². The Hall–Kier alpha value is -6.14. The molecule has 3 aromatic heterocycles. The molecule has 64 heavy (non-hydrogen) atoms. The molecule has 1 N–H and O–H groups in total. The summed E-state index contributed by atoms with van der Waals surface area (Å²) in [7, 11) is 0.851. The lowest BCUT2D eigenvalue weighted by Gasteiger charge is -2.24. The normalized spacial score (nSPS) is 14.2. The highest BCUT2D eigenvalue weighted by atomic mass is 32.1. The molecule has 2 aliphatic rings. The van der Waals surface area contributed by atoms with E-state index >= 15 is 0 Å². The van der Waals surface area contributed by atoms with Gasteiger partial charge in [-0.05, 0) is 115 Å². The number of fused-ring (bicyclic) bond motifs is 14. The van der Waals surface area contributed by atoms with Crippen molar-refractivity contribution in [2.75, 3.05) is 5.32 Å². The van der Waals surface area contributed by atoms with Crippen LogP contribution in [0.1, 0.15) is 77.6 Å². The average molecular weight is 861 g/mol. The molecular weight excluding hydrogens is 812 g/mol. The van der Waals surface area contributed by atoms with Gasteiger partial charge in [-0.1, -0.05) is 146 Å². The molecule has 0 radical (unpaired) electrons. The topological polar surface area (TPSA) is 17.0 Å². The van der Waals surface area contributed by atoms with Gasteiger partial charge in [0.2, 0.25) is 0 Å². The van der Waals surface area contributed by atoms with Crippen molar-refractivity contribution in [3.8, 4) is 27.9 Å². The van der Waals surface area contributed by atoms with E-state index in [1.54, 1.807) is 0 Å². The maximum absolute atomic E-state index is 3.99. The molecule has 13 rings (SSSR count). The van der Waals surface area contributed by atoms with Gasteiger partial charge in [0, 0.05) is 79.3 Å². The standard InChI is InChI=1S/C59H49BN2S2/c1-57(2,3)32-17-20-34(21-18-32)61-48-30-53-43(37-22-19-33(58(4,5)6)25-52(37)64-53)26-41(48)38-23-24-39-42-27-46-40(35-13-9-11-15-45(35)59(46,7)8)29-49(42)62-50-31-54-44(28-47(50)60-55(38)56(39)62)36-14-10-12-16-51(36)63-54/h9-31,60-61H,1-8H3. The number of hydrogen-bond donors (Lipinski definition) is 1. The Labute approximate surface area is 383 Å². The summed E-state index contributed by atoms with van der Waals surface area (Å²) in [5.74, 6) is 0. The molecule has 0 bridgehead atoms. The summed E-state index contributed by atoms with van der Waals surface area (Å²) in [4.78, 5) is 0. The van der Waals surface area contributed by atoms with Crippen LogP contribution in [0.3, 0.4) is 0 Å². The van der Waals surface area contributed by atoms with E-state index in [0.29, 0.717) is 0 Å². The second kappa shape index (κ2) is 13.0. The van der Waals surface area contributed by atoms with E-state index in [9.17, 15) is 0 Å². The van der Waals surface area contributed by atoms with Gasteiger partial charge >= 0.3 is 0 Å². The monoisotopic (exact) mass is 860 g/mol. The Kier molecular flexibility index (Phi) is 7.78. The Balaban J connectivity index is 1.11. The van der Waals surface area contributed by atoms with Gasteiger partial charge in [0.1, 0.15) is 0 Å². The van der Waals surface area contributed by atoms with Gasteiger partial charge in [0.05, 0.1) is 5.52 Å². The molecular formula is C59H49BN2S2. The van der Waals surface area contributed by atoms with Gasteiger partial charge < -0.3 is 9.88 Å². The number of thiophene rings is 2. The highest BCUT2D eigenvalue weighted by Gasteiger charge is 2.37. The summed E-state index contributed by atoms with van der Waals surface area (Å²) in [5.41, 5.74) is 19.8. The fourth-order valence-electron chi connectivity index (χ4n) is 11.2. The summed E-state index contributed by atoms with van der Waals surface area (Å²) >= 11 is 3.82. The molecule has 0 spiro atoms. The van der Waals surface area contributed by atoms with Crippen molar-refractivity contribution in [1.29, 1.82) is 0 Å². The largest absolute Gasteiger partial charge is 0.355 e. The third kappa shape index (κ3) is 5.44. The molecule has 0 fully saturated rings. The van der Waals surface area contributed by atoms with Crippen LogP contribution in [0.15, 0.2) is 140 Å².